The van der Waals surface area contributed by atoms with Crippen LogP contribution in [-0.4, -0.2) is 0 Å². The Balaban J connectivity index is 3.01. The maximum absolute atomic E-state index is 3.84. The highest BCUT2D eigenvalue weighted by Crippen LogP contribution is 2.55. The molecule has 0 aliphatic heterocycles. The Bertz CT molecular complexity index is 196. The number of rotatable bonds is 1. The molecule has 0 bridgehead atoms. The summed E-state index contributed by atoms with van der Waals surface area (Å²) in [7, 11) is 0. The predicted octanol–water partition coefficient (Wildman–Crippen LogP) is 3.16. The van der Waals surface area contributed by atoms with Gasteiger partial charge in [-0.05, 0) is 12.3 Å². The Hall–Kier alpha value is -0.520. The highest BCUT2D eigenvalue weighted by molar-refractivity contribution is 5.35. The molecule has 0 N–H and O–H groups in total. The molecule has 0 radical (unpaired) electrons. The lowest BCUT2D eigenvalue weighted by Gasteiger charge is -2.50. The van der Waals surface area contributed by atoms with Crippen LogP contribution in [0.5, 0.6) is 0 Å². The van der Waals surface area contributed by atoms with Crippen LogP contribution in [0.1, 0.15) is 27.7 Å². The fraction of sp³-hybridized carbons (Fsp3) is 0.600. The van der Waals surface area contributed by atoms with Gasteiger partial charge in [0.2, 0.25) is 0 Å². The second-order valence-electron chi connectivity index (χ2n) is 3.94. The summed E-state index contributed by atoms with van der Waals surface area (Å²) in [4.78, 5) is 0. The molecule has 1 aliphatic rings. The van der Waals surface area contributed by atoms with Crippen LogP contribution in [0.25, 0.3) is 0 Å². The maximum atomic E-state index is 3.84. The molecule has 0 saturated heterocycles. The maximum Gasteiger partial charge on any atom is 0.0121 e. The molecule has 0 spiro atoms. The molecule has 0 aromatic rings. The van der Waals surface area contributed by atoms with E-state index in [9.17, 15) is 0 Å². The summed E-state index contributed by atoms with van der Waals surface area (Å²) in [5, 5.41) is 0. The van der Waals surface area contributed by atoms with Crippen molar-refractivity contribution < 1.29 is 0 Å². The van der Waals surface area contributed by atoms with Crippen molar-refractivity contribution >= 4 is 0 Å². The zero-order chi connectivity index (χ0) is 7.99. The SMILES string of the molecule is C=CC1(C)C=C(C)C1(C)C. The molecule has 56 valence electrons. The van der Waals surface area contributed by atoms with E-state index in [4.69, 9.17) is 0 Å². The summed E-state index contributed by atoms with van der Waals surface area (Å²) in [5.74, 6) is 0. The predicted molar refractivity (Wildman–Crippen MR) is 45.8 cm³/mol. The molecule has 0 aromatic heterocycles. The summed E-state index contributed by atoms with van der Waals surface area (Å²) in [6, 6.07) is 0. The van der Waals surface area contributed by atoms with Gasteiger partial charge in [-0.2, -0.15) is 0 Å². The largest absolute Gasteiger partial charge is 0.102 e. The van der Waals surface area contributed by atoms with Crippen molar-refractivity contribution in [1.82, 2.24) is 0 Å². The van der Waals surface area contributed by atoms with E-state index in [0.29, 0.717) is 5.41 Å². The number of allylic oxidation sites excluding steroid dienone is 3. The molecular weight excluding hydrogens is 120 g/mol. The fourth-order valence-electron chi connectivity index (χ4n) is 1.47. The second kappa shape index (κ2) is 1.75. The van der Waals surface area contributed by atoms with Gasteiger partial charge in [0, 0.05) is 5.41 Å². The van der Waals surface area contributed by atoms with Gasteiger partial charge < -0.3 is 0 Å². The van der Waals surface area contributed by atoms with Crippen molar-refractivity contribution in [3.8, 4) is 0 Å². The second-order valence-corrected chi connectivity index (χ2v) is 3.94. The zero-order valence-electron chi connectivity index (χ0n) is 7.36. The van der Waals surface area contributed by atoms with Crippen LogP contribution >= 0.6 is 0 Å². The highest BCUT2D eigenvalue weighted by atomic mass is 14.5. The first-order valence-electron chi connectivity index (χ1n) is 3.77. The smallest absolute Gasteiger partial charge is 0.0121 e. The Labute approximate surface area is 63.6 Å². The molecule has 1 rings (SSSR count). The van der Waals surface area contributed by atoms with E-state index in [2.05, 4.69) is 40.3 Å². The first kappa shape index (κ1) is 7.59. The minimum atomic E-state index is 0.233. The molecule has 0 amide bonds. The van der Waals surface area contributed by atoms with E-state index < -0.39 is 0 Å². The van der Waals surface area contributed by atoms with E-state index in [1.165, 1.54) is 5.57 Å². The average Bonchev–Trinajstić information content (AvgIpc) is 1.88. The molecule has 1 aliphatic carbocycles. The van der Waals surface area contributed by atoms with Gasteiger partial charge >= 0.3 is 0 Å². The van der Waals surface area contributed by atoms with Gasteiger partial charge in [-0.1, -0.05) is 38.5 Å². The minimum Gasteiger partial charge on any atom is -0.102 e. The van der Waals surface area contributed by atoms with Gasteiger partial charge in [0.1, 0.15) is 0 Å². The molecule has 0 heteroatoms. The Morgan fingerprint density at radius 2 is 1.90 bits per heavy atom. The van der Waals surface area contributed by atoms with E-state index in [1.54, 1.807) is 0 Å². The van der Waals surface area contributed by atoms with Crippen LogP contribution in [0, 0.1) is 10.8 Å². The number of hydrogen-bond donors (Lipinski definition) is 0. The third-order valence-electron chi connectivity index (χ3n) is 3.27. The van der Waals surface area contributed by atoms with Crippen molar-refractivity contribution in [3.63, 3.8) is 0 Å². The van der Waals surface area contributed by atoms with E-state index in [1.807, 2.05) is 6.08 Å². The van der Waals surface area contributed by atoms with E-state index in [-0.39, 0.29) is 5.41 Å². The quantitative estimate of drug-likeness (QED) is 0.486. The molecule has 0 fully saturated rings. The van der Waals surface area contributed by atoms with Crippen LogP contribution in [0.4, 0.5) is 0 Å². The van der Waals surface area contributed by atoms with Gasteiger partial charge in [0.15, 0.2) is 0 Å². The normalized spacial score (nSPS) is 36.2. The third-order valence-corrected chi connectivity index (χ3v) is 3.27. The molecule has 0 heterocycles. The molecule has 0 nitrogen and oxygen atoms in total. The molecule has 10 heavy (non-hydrogen) atoms. The molecule has 1 atom stereocenters. The zero-order valence-corrected chi connectivity index (χ0v) is 7.36. The Morgan fingerprint density at radius 1 is 1.40 bits per heavy atom. The number of hydrogen-bond acceptors (Lipinski definition) is 0. The van der Waals surface area contributed by atoms with Gasteiger partial charge in [0.05, 0.1) is 0 Å². The summed E-state index contributed by atoms with van der Waals surface area (Å²) in [6.07, 6.45) is 4.33. The van der Waals surface area contributed by atoms with Crippen LogP contribution in [-0.2, 0) is 0 Å². The van der Waals surface area contributed by atoms with Crippen LogP contribution < -0.4 is 0 Å². The average molecular weight is 136 g/mol. The molecular formula is C10H16. The Morgan fingerprint density at radius 3 is 2.00 bits per heavy atom. The van der Waals surface area contributed by atoms with Crippen molar-refractivity contribution in [3.05, 3.63) is 24.3 Å². The van der Waals surface area contributed by atoms with Gasteiger partial charge in [-0.25, -0.2) is 0 Å². The topological polar surface area (TPSA) is 0 Å². The van der Waals surface area contributed by atoms with Gasteiger partial charge in [-0.3, -0.25) is 0 Å². The van der Waals surface area contributed by atoms with Crippen LogP contribution in [0.15, 0.2) is 24.3 Å². The summed E-state index contributed by atoms with van der Waals surface area (Å²) in [5.41, 5.74) is 2.04. The monoisotopic (exact) mass is 136 g/mol. The van der Waals surface area contributed by atoms with Crippen molar-refractivity contribution in [2.24, 2.45) is 10.8 Å². The summed E-state index contributed by atoms with van der Waals surface area (Å²) < 4.78 is 0. The fourth-order valence-corrected chi connectivity index (χ4v) is 1.47. The lowest BCUT2D eigenvalue weighted by molar-refractivity contribution is 0.201. The molecule has 1 unspecified atom stereocenters. The van der Waals surface area contributed by atoms with E-state index in [0.717, 1.165) is 0 Å². The van der Waals surface area contributed by atoms with Crippen molar-refractivity contribution in [1.29, 1.82) is 0 Å². The van der Waals surface area contributed by atoms with Gasteiger partial charge in [0.25, 0.3) is 0 Å². The van der Waals surface area contributed by atoms with Crippen molar-refractivity contribution in [2.45, 2.75) is 27.7 Å². The van der Waals surface area contributed by atoms with Crippen LogP contribution in [0.2, 0.25) is 0 Å². The standard InChI is InChI=1S/C10H16/c1-6-10(5)7-8(2)9(10,3)4/h6-7H,1H2,2-5H3. The third kappa shape index (κ3) is 0.622. The lowest BCUT2D eigenvalue weighted by Crippen LogP contribution is -2.41. The summed E-state index contributed by atoms with van der Waals surface area (Å²) in [6.45, 7) is 12.8. The van der Waals surface area contributed by atoms with E-state index >= 15 is 0 Å². The minimum absolute atomic E-state index is 0.233. The van der Waals surface area contributed by atoms with Crippen molar-refractivity contribution in [2.75, 3.05) is 0 Å². The first-order valence-corrected chi connectivity index (χ1v) is 3.77. The lowest BCUT2D eigenvalue weighted by atomic mass is 9.54. The first-order chi connectivity index (χ1) is 4.44. The highest BCUT2D eigenvalue weighted by Gasteiger charge is 2.45. The molecule has 0 aromatic carbocycles. The van der Waals surface area contributed by atoms with Gasteiger partial charge in [-0.15, -0.1) is 6.58 Å². The summed E-state index contributed by atoms with van der Waals surface area (Å²) >= 11 is 0. The van der Waals surface area contributed by atoms with Crippen LogP contribution in [0.3, 0.4) is 0 Å². The Kier molecular flexibility index (Phi) is 1.33. The molecule has 0 saturated carbocycles.